The molecule has 1 unspecified atom stereocenters. The van der Waals surface area contributed by atoms with Crippen LogP contribution >= 0.6 is 11.6 Å². The van der Waals surface area contributed by atoms with E-state index < -0.39 is 15.8 Å². The van der Waals surface area contributed by atoms with Crippen LogP contribution < -0.4 is 5.32 Å². The summed E-state index contributed by atoms with van der Waals surface area (Å²) in [5.74, 6) is -0.403. The number of nitrogens with one attached hydrogen (secondary N) is 1. The van der Waals surface area contributed by atoms with E-state index in [1.165, 1.54) is 7.11 Å². The maximum atomic E-state index is 11.5. The van der Waals surface area contributed by atoms with Crippen molar-refractivity contribution in [1.29, 1.82) is 0 Å². The van der Waals surface area contributed by atoms with Crippen molar-refractivity contribution in [3.05, 3.63) is 28.8 Å². The Morgan fingerprint density at radius 3 is 2.65 bits per heavy atom. The van der Waals surface area contributed by atoms with Crippen LogP contribution in [0.15, 0.2) is 18.2 Å². The lowest BCUT2D eigenvalue weighted by atomic mass is 10.2. The largest absolute Gasteiger partial charge is 0.465 e. The van der Waals surface area contributed by atoms with Crippen molar-refractivity contribution >= 4 is 33.1 Å². The fraction of sp³-hybridized carbons (Fsp3) is 0.462. The maximum absolute atomic E-state index is 11.5. The molecule has 1 aromatic carbocycles. The maximum Gasteiger partial charge on any atom is 0.339 e. The first kappa shape index (κ1) is 16.8. The van der Waals surface area contributed by atoms with E-state index in [0.717, 1.165) is 0 Å². The van der Waals surface area contributed by atoms with E-state index >= 15 is 0 Å². The minimum Gasteiger partial charge on any atom is -0.465 e. The fourth-order valence-corrected chi connectivity index (χ4v) is 2.98. The number of benzene rings is 1. The molecule has 1 aromatic rings. The minimum atomic E-state index is -3.06. The molecule has 0 bridgehead atoms. The predicted molar refractivity (Wildman–Crippen MR) is 80.2 cm³/mol. The SMILES string of the molecule is CCS(=O)(=O)CC(C)Nc1ccc(Cl)c(C(=O)OC)c1. The number of sulfone groups is 1. The van der Waals surface area contributed by atoms with E-state index in [1.54, 1.807) is 32.0 Å². The molecule has 20 heavy (non-hydrogen) atoms. The summed E-state index contributed by atoms with van der Waals surface area (Å²) in [7, 11) is -1.79. The molecule has 0 aromatic heterocycles. The third-order valence-electron chi connectivity index (χ3n) is 2.73. The van der Waals surface area contributed by atoms with Crippen LogP contribution in [0.25, 0.3) is 0 Å². The van der Waals surface area contributed by atoms with Crippen LogP contribution in [0, 0.1) is 0 Å². The Balaban J connectivity index is 2.86. The van der Waals surface area contributed by atoms with Crippen LogP contribution in [-0.4, -0.2) is 39.0 Å². The highest BCUT2D eigenvalue weighted by atomic mass is 35.5. The summed E-state index contributed by atoms with van der Waals surface area (Å²) in [4.78, 5) is 11.5. The van der Waals surface area contributed by atoms with Crippen LogP contribution in [0.1, 0.15) is 24.2 Å². The summed E-state index contributed by atoms with van der Waals surface area (Å²) in [5.41, 5.74) is 0.860. The quantitative estimate of drug-likeness (QED) is 0.815. The van der Waals surface area contributed by atoms with E-state index in [-0.39, 0.29) is 28.1 Å². The summed E-state index contributed by atoms with van der Waals surface area (Å²) in [6.45, 7) is 3.37. The van der Waals surface area contributed by atoms with Gasteiger partial charge in [-0.2, -0.15) is 0 Å². The first-order valence-corrected chi connectivity index (χ1v) is 8.33. The highest BCUT2D eigenvalue weighted by molar-refractivity contribution is 7.91. The molecule has 0 aliphatic rings. The van der Waals surface area contributed by atoms with E-state index in [0.29, 0.717) is 5.69 Å². The lowest BCUT2D eigenvalue weighted by molar-refractivity contribution is 0.0601. The number of hydrogen-bond donors (Lipinski definition) is 1. The van der Waals surface area contributed by atoms with Gasteiger partial charge in [0.1, 0.15) is 0 Å². The number of carbonyl (C=O) groups is 1. The van der Waals surface area contributed by atoms with E-state index in [4.69, 9.17) is 11.6 Å². The van der Waals surface area contributed by atoms with Crippen LogP contribution in [0.4, 0.5) is 5.69 Å². The van der Waals surface area contributed by atoms with Crippen molar-refractivity contribution in [3.63, 3.8) is 0 Å². The highest BCUT2D eigenvalue weighted by Gasteiger charge is 2.15. The highest BCUT2D eigenvalue weighted by Crippen LogP contribution is 2.22. The van der Waals surface area contributed by atoms with Gasteiger partial charge in [0, 0.05) is 17.5 Å². The van der Waals surface area contributed by atoms with Gasteiger partial charge in [0.15, 0.2) is 9.84 Å². The Morgan fingerprint density at radius 2 is 2.10 bits per heavy atom. The minimum absolute atomic E-state index is 0.0275. The second kappa shape index (κ2) is 6.95. The smallest absolute Gasteiger partial charge is 0.339 e. The molecule has 1 atom stereocenters. The average molecular weight is 320 g/mol. The normalized spacial score (nSPS) is 12.8. The predicted octanol–water partition coefficient (Wildman–Crippen LogP) is 2.36. The van der Waals surface area contributed by atoms with Gasteiger partial charge in [0.2, 0.25) is 0 Å². The molecule has 0 radical (unpaired) electrons. The van der Waals surface area contributed by atoms with Crippen LogP contribution in [0.2, 0.25) is 5.02 Å². The Morgan fingerprint density at radius 1 is 1.45 bits per heavy atom. The van der Waals surface area contributed by atoms with Gasteiger partial charge in [-0.05, 0) is 25.1 Å². The molecule has 0 fully saturated rings. The second-order valence-electron chi connectivity index (χ2n) is 4.43. The molecule has 0 saturated carbocycles. The van der Waals surface area contributed by atoms with Crippen molar-refractivity contribution in [2.24, 2.45) is 0 Å². The number of hydrogen-bond acceptors (Lipinski definition) is 5. The van der Waals surface area contributed by atoms with Gasteiger partial charge in [-0.1, -0.05) is 18.5 Å². The number of methoxy groups -OCH3 is 1. The molecule has 5 nitrogen and oxygen atoms in total. The van der Waals surface area contributed by atoms with Crippen LogP contribution in [0.5, 0.6) is 0 Å². The topological polar surface area (TPSA) is 72.5 Å². The van der Waals surface area contributed by atoms with Gasteiger partial charge >= 0.3 is 5.97 Å². The molecular weight excluding hydrogens is 302 g/mol. The van der Waals surface area contributed by atoms with Crippen molar-refractivity contribution in [3.8, 4) is 0 Å². The van der Waals surface area contributed by atoms with Gasteiger partial charge in [0.05, 0.1) is 23.4 Å². The molecule has 112 valence electrons. The summed E-state index contributed by atoms with van der Waals surface area (Å²) in [5, 5.41) is 3.32. The summed E-state index contributed by atoms with van der Waals surface area (Å²) in [6, 6.07) is 4.52. The van der Waals surface area contributed by atoms with Crippen LogP contribution in [-0.2, 0) is 14.6 Å². The zero-order chi connectivity index (χ0) is 15.3. The van der Waals surface area contributed by atoms with Gasteiger partial charge in [-0.15, -0.1) is 0 Å². The van der Waals surface area contributed by atoms with Crippen molar-refractivity contribution < 1.29 is 17.9 Å². The second-order valence-corrected chi connectivity index (χ2v) is 7.24. The monoisotopic (exact) mass is 319 g/mol. The van der Waals surface area contributed by atoms with Gasteiger partial charge in [0.25, 0.3) is 0 Å². The Hall–Kier alpha value is -1.27. The van der Waals surface area contributed by atoms with E-state index in [1.807, 2.05) is 0 Å². The van der Waals surface area contributed by atoms with Crippen LogP contribution in [0.3, 0.4) is 0 Å². The molecule has 0 aliphatic carbocycles. The van der Waals surface area contributed by atoms with Gasteiger partial charge in [-0.3, -0.25) is 0 Å². The number of anilines is 1. The van der Waals surface area contributed by atoms with Crippen molar-refractivity contribution in [2.45, 2.75) is 19.9 Å². The Bertz CT molecular complexity index is 586. The fourth-order valence-electron chi connectivity index (χ4n) is 1.71. The molecule has 1 rings (SSSR count). The van der Waals surface area contributed by atoms with Crippen molar-refractivity contribution in [1.82, 2.24) is 0 Å². The zero-order valence-corrected chi connectivity index (χ0v) is 13.2. The van der Waals surface area contributed by atoms with E-state index in [2.05, 4.69) is 10.1 Å². The summed E-state index contributed by atoms with van der Waals surface area (Å²) < 4.78 is 27.7. The Kier molecular flexibility index (Phi) is 5.83. The number of carbonyl (C=O) groups excluding carboxylic acids is 1. The van der Waals surface area contributed by atoms with Crippen molar-refractivity contribution in [2.75, 3.05) is 23.9 Å². The Labute approximate surface area is 124 Å². The van der Waals surface area contributed by atoms with Gasteiger partial charge < -0.3 is 10.1 Å². The lowest BCUT2D eigenvalue weighted by Gasteiger charge is -2.16. The summed E-state index contributed by atoms with van der Waals surface area (Å²) in [6.07, 6.45) is 0. The molecule has 1 N–H and O–H groups in total. The molecule has 0 spiro atoms. The number of ether oxygens (including phenoxy) is 1. The molecule has 0 saturated heterocycles. The average Bonchev–Trinajstić information content (AvgIpc) is 2.39. The number of rotatable bonds is 6. The first-order valence-electron chi connectivity index (χ1n) is 6.14. The van der Waals surface area contributed by atoms with Gasteiger partial charge in [-0.25, -0.2) is 13.2 Å². The molecular formula is C13H18ClNO4S. The zero-order valence-electron chi connectivity index (χ0n) is 11.6. The third kappa shape index (κ3) is 4.68. The van der Waals surface area contributed by atoms with E-state index in [9.17, 15) is 13.2 Å². The number of halogens is 1. The molecule has 0 aliphatic heterocycles. The first-order chi connectivity index (χ1) is 9.29. The summed E-state index contributed by atoms with van der Waals surface area (Å²) >= 11 is 5.91. The molecule has 0 amide bonds. The lowest BCUT2D eigenvalue weighted by Crippen LogP contribution is -2.26. The molecule has 0 heterocycles. The molecule has 7 heteroatoms. The number of esters is 1. The third-order valence-corrected chi connectivity index (χ3v) is 4.95. The standard InChI is InChI=1S/C13H18ClNO4S/c1-4-20(17,18)8-9(2)15-10-5-6-12(14)11(7-10)13(16)19-3/h5-7,9,15H,4,8H2,1-3H3.